The number of esters is 2. The fraction of sp³-hybridized carbons (Fsp3) is 0.304. The van der Waals surface area contributed by atoms with Gasteiger partial charge in [-0.05, 0) is 56.9 Å². The molecule has 0 saturated heterocycles. The summed E-state index contributed by atoms with van der Waals surface area (Å²) in [4.78, 5) is 24.7. The van der Waals surface area contributed by atoms with Crippen molar-refractivity contribution in [3.8, 4) is 5.75 Å². The van der Waals surface area contributed by atoms with E-state index >= 15 is 0 Å². The van der Waals surface area contributed by atoms with Crippen LogP contribution in [0.3, 0.4) is 0 Å². The number of carbonyl (C=O) groups is 2. The highest BCUT2D eigenvalue weighted by Crippen LogP contribution is 2.31. The van der Waals surface area contributed by atoms with Crippen LogP contribution in [0.2, 0.25) is 0 Å². The van der Waals surface area contributed by atoms with Crippen molar-refractivity contribution >= 4 is 19.8 Å². The van der Waals surface area contributed by atoms with Crippen LogP contribution in [0.25, 0.3) is 0 Å². The number of ether oxygens (including phenoxy) is 2. The molecule has 0 heterocycles. The molecule has 0 N–H and O–H groups in total. The minimum atomic E-state index is -0.318. The largest absolute Gasteiger partial charge is 0.426 e. The van der Waals surface area contributed by atoms with Gasteiger partial charge in [-0.3, -0.25) is 9.59 Å². The van der Waals surface area contributed by atoms with E-state index in [1.54, 1.807) is 24.3 Å². The van der Waals surface area contributed by atoms with Crippen molar-refractivity contribution in [2.24, 2.45) is 11.8 Å². The summed E-state index contributed by atoms with van der Waals surface area (Å²) >= 11 is 0. The Morgan fingerprint density at radius 2 is 1.54 bits per heavy atom. The van der Waals surface area contributed by atoms with Crippen LogP contribution in [-0.2, 0) is 14.3 Å². The Balaban J connectivity index is 1.85. The molecule has 1 aliphatic carbocycles. The van der Waals surface area contributed by atoms with Gasteiger partial charge in [-0.15, -0.1) is 0 Å². The number of carbonyl (C=O) groups excluding carboxylic acids is 2. The summed E-state index contributed by atoms with van der Waals surface area (Å²) < 4.78 is 10.8. The van der Waals surface area contributed by atoms with Crippen LogP contribution in [0.1, 0.15) is 31.2 Å². The maximum atomic E-state index is 12.4. The van der Waals surface area contributed by atoms with E-state index in [0.29, 0.717) is 42.7 Å². The van der Waals surface area contributed by atoms with Gasteiger partial charge in [-0.2, -0.15) is 0 Å². The summed E-state index contributed by atoms with van der Waals surface area (Å²) in [5.41, 5.74) is 1.57. The van der Waals surface area contributed by atoms with Crippen molar-refractivity contribution in [2.45, 2.75) is 32.6 Å². The van der Waals surface area contributed by atoms with Crippen molar-refractivity contribution in [3.63, 3.8) is 0 Å². The minimum Gasteiger partial charge on any atom is -0.426 e. The summed E-state index contributed by atoms with van der Waals surface area (Å²) in [5.74, 6) is -0.127. The Hall–Kier alpha value is -2.82. The average molecular weight is 376 g/mol. The van der Waals surface area contributed by atoms with Crippen LogP contribution >= 0.6 is 0 Å². The second kappa shape index (κ2) is 10.5. The van der Waals surface area contributed by atoms with E-state index in [4.69, 9.17) is 17.3 Å². The van der Waals surface area contributed by atoms with Gasteiger partial charge in [0.1, 0.15) is 19.4 Å². The molecule has 28 heavy (non-hydrogen) atoms. The summed E-state index contributed by atoms with van der Waals surface area (Å²) in [7, 11) is 5.64. The van der Waals surface area contributed by atoms with E-state index in [1.165, 1.54) is 12.2 Å². The molecule has 0 aromatic heterocycles. The van der Waals surface area contributed by atoms with Gasteiger partial charge in [0.05, 0.1) is 11.8 Å². The lowest BCUT2D eigenvalue weighted by Crippen LogP contribution is -2.29. The van der Waals surface area contributed by atoms with Gasteiger partial charge in [0.2, 0.25) is 0 Å². The van der Waals surface area contributed by atoms with Gasteiger partial charge in [-0.25, -0.2) is 0 Å². The number of aryl methyl sites for hydroxylation is 1. The normalized spacial score (nSPS) is 20.2. The molecular formula is C23H25BO4. The Bertz CT molecular complexity index is 781. The second-order valence-corrected chi connectivity index (χ2v) is 6.85. The van der Waals surface area contributed by atoms with Crippen molar-refractivity contribution < 1.29 is 19.1 Å². The summed E-state index contributed by atoms with van der Waals surface area (Å²) in [6.07, 6.45) is 8.48. The fourth-order valence-electron chi connectivity index (χ4n) is 2.96. The van der Waals surface area contributed by atoms with Crippen LogP contribution in [-0.4, -0.2) is 19.8 Å². The lowest BCUT2D eigenvalue weighted by atomic mass is 9.82. The predicted molar refractivity (Wildman–Crippen MR) is 111 cm³/mol. The van der Waals surface area contributed by atoms with Crippen LogP contribution < -0.4 is 4.74 Å². The van der Waals surface area contributed by atoms with Crippen LogP contribution in [0.4, 0.5) is 0 Å². The Labute approximate surface area is 168 Å². The Kier molecular flexibility index (Phi) is 8.06. The summed E-state index contributed by atoms with van der Waals surface area (Å²) in [6, 6.07) is 7.37. The molecule has 2 rings (SSSR count). The first kappa shape index (κ1) is 21.5. The lowest BCUT2D eigenvalue weighted by molar-refractivity contribution is -0.148. The standard InChI is InChI=1S/C23H25BO4/c1-4-19(24)12-15-20(5-2)27-22(25)17-8-10-18(11-9-17)23(26)28-21-13-6-16(3)7-14-21/h4-7,12-15,17-18H,1-2,8-11H2,3H3/b19-12+,20-15+. The third-order valence-corrected chi connectivity index (χ3v) is 4.73. The molecule has 4 nitrogen and oxygen atoms in total. The highest BCUT2D eigenvalue weighted by molar-refractivity contribution is 6.23. The second-order valence-electron chi connectivity index (χ2n) is 6.85. The molecule has 0 atom stereocenters. The van der Waals surface area contributed by atoms with Gasteiger partial charge in [0, 0.05) is 0 Å². The summed E-state index contributed by atoms with van der Waals surface area (Å²) in [6.45, 7) is 9.17. The number of benzene rings is 1. The molecule has 144 valence electrons. The predicted octanol–water partition coefficient (Wildman–Crippen LogP) is 4.56. The van der Waals surface area contributed by atoms with Gasteiger partial charge >= 0.3 is 11.9 Å². The molecule has 1 fully saturated rings. The highest BCUT2D eigenvalue weighted by atomic mass is 16.5. The SMILES string of the molecule is [B]/C(C=C)=C/C=C(\C=C)OC(=O)C1CCC(C(=O)Oc2ccc(C)cc2)CC1. The maximum absolute atomic E-state index is 12.4. The van der Waals surface area contributed by atoms with E-state index in [1.807, 2.05) is 19.1 Å². The Morgan fingerprint density at radius 3 is 2.07 bits per heavy atom. The molecular weight excluding hydrogens is 351 g/mol. The molecule has 2 radical (unpaired) electrons. The zero-order valence-electron chi connectivity index (χ0n) is 16.2. The van der Waals surface area contributed by atoms with Crippen molar-refractivity contribution in [2.75, 3.05) is 0 Å². The fourth-order valence-corrected chi connectivity index (χ4v) is 2.96. The van der Waals surface area contributed by atoms with Crippen LogP contribution in [0, 0.1) is 18.8 Å². The molecule has 0 aliphatic heterocycles. The third-order valence-electron chi connectivity index (χ3n) is 4.73. The van der Waals surface area contributed by atoms with Gasteiger partial charge in [0.15, 0.2) is 0 Å². The zero-order valence-corrected chi connectivity index (χ0v) is 16.2. The number of rotatable bonds is 7. The average Bonchev–Trinajstić information content (AvgIpc) is 2.72. The monoisotopic (exact) mass is 376 g/mol. The van der Waals surface area contributed by atoms with Gasteiger partial charge < -0.3 is 9.47 Å². The van der Waals surface area contributed by atoms with Crippen molar-refractivity contribution in [1.29, 1.82) is 0 Å². The summed E-state index contributed by atoms with van der Waals surface area (Å²) in [5, 5.41) is 0. The van der Waals surface area contributed by atoms with Gasteiger partial charge in [0.25, 0.3) is 0 Å². The molecule has 0 amide bonds. The van der Waals surface area contributed by atoms with E-state index in [-0.39, 0.29) is 23.8 Å². The quantitative estimate of drug-likeness (QED) is 0.230. The van der Waals surface area contributed by atoms with Crippen LogP contribution in [0.15, 0.2) is 73.0 Å². The first-order valence-corrected chi connectivity index (χ1v) is 9.35. The first-order valence-electron chi connectivity index (χ1n) is 9.35. The molecule has 5 heteroatoms. The van der Waals surface area contributed by atoms with E-state index < -0.39 is 0 Å². The molecule has 1 saturated carbocycles. The van der Waals surface area contributed by atoms with Crippen molar-refractivity contribution in [3.05, 3.63) is 78.5 Å². The Morgan fingerprint density at radius 1 is 0.964 bits per heavy atom. The topological polar surface area (TPSA) is 52.6 Å². The minimum absolute atomic E-state index is 0.199. The lowest BCUT2D eigenvalue weighted by Gasteiger charge is -2.25. The number of hydrogen-bond donors (Lipinski definition) is 0. The molecule has 0 bridgehead atoms. The van der Waals surface area contributed by atoms with Crippen LogP contribution in [0.5, 0.6) is 5.75 Å². The third kappa shape index (κ3) is 6.41. The van der Waals surface area contributed by atoms with Crippen molar-refractivity contribution in [1.82, 2.24) is 0 Å². The first-order chi connectivity index (χ1) is 13.4. The van der Waals surface area contributed by atoms with E-state index in [0.717, 1.165) is 5.56 Å². The smallest absolute Gasteiger partial charge is 0.314 e. The highest BCUT2D eigenvalue weighted by Gasteiger charge is 2.32. The zero-order chi connectivity index (χ0) is 20.5. The molecule has 1 aromatic carbocycles. The molecule has 1 aromatic rings. The number of allylic oxidation sites excluding steroid dienone is 5. The van der Waals surface area contributed by atoms with Gasteiger partial charge in [-0.1, -0.05) is 48.5 Å². The molecule has 1 aliphatic rings. The molecule has 0 unspecified atom stereocenters. The molecule has 0 spiro atoms. The van der Waals surface area contributed by atoms with E-state index in [2.05, 4.69) is 13.2 Å². The number of hydrogen-bond acceptors (Lipinski definition) is 4. The van der Waals surface area contributed by atoms with E-state index in [9.17, 15) is 9.59 Å². The maximum Gasteiger partial charge on any atom is 0.314 e.